The summed E-state index contributed by atoms with van der Waals surface area (Å²) in [6, 6.07) is 27.1. The van der Waals surface area contributed by atoms with Crippen LogP contribution < -0.4 is 5.32 Å². The first-order chi connectivity index (χ1) is 13.3. The summed E-state index contributed by atoms with van der Waals surface area (Å²) in [7, 11) is 0. The number of hydrogen-bond acceptors (Lipinski definition) is 2. The van der Waals surface area contributed by atoms with Gasteiger partial charge in [-0.2, -0.15) is 0 Å². The lowest BCUT2D eigenvalue weighted by Crippen LogP contribution is -1.89. The van der Waals surface area contributed by atoms with Gasteiger partial charge in [0.05, 0.1) is 0 Å². The molecule has 0 unspecified atom stereocenters. The van der Waals surface area contributed by atoms with Crippen molar-refractivity contribution in [3.63, 3.8) is 0 Å². The van der Waals surface area contributed by atoms with Gasteiger partial charge in [0.15, 0.2) is 0 Å². The summed E-state index contributed by atoms with van der Waals surface area (Å²) in [6.07, 6.45) is 7.92. The lowest BCUT2D eigenvalue weighted by atomic mass is 10.1. The molecule has 0 fully saturated rings. The van der Waals surface area contributed by atoms with Gasteiger partial charge in [0.25, 0.3) is 0 Å². The molecule has 4 rings (SSSR count). The average molecular weight is 351 g/mol. The molecule has 0 aliphatic rings. The predicted octanol–water partition coefficient (Wildman–Crippen LogP) is 7.43. The first kappa shape index (κ1) is 16.9. The van der Waals surface area contributed by atoms with Crippen LogP contribution in [0.25, 0.3) is 28.2 Å². The number of benzene rings is 3. The Labute approximate surface area is 159 Å². The Hall–Kier alpha value is -3.52. The van der Waals surface area contributed by atoms with Crippen molar-refractivity contribution in [3.8, 4) is 11.1 Å². The fourth-order valence-corrected chi connectivity index (χ4v) is 3.02. The van der Waals surface area contributed by atoms with Crippen LogP contribution in [0.15, 0.2) is 102 Å². The number of allylic oxidation sites excluding steroid dienone is 3. The number of anilines is 2. The van der Waals surface area contributed by atoms with E-state index in [0.29, 0.717) is 0 Å². The fourth-order valence-electron chi connectivity index (χ4n) is 3.02. The molecule has 0 aliphatic heterocycles. The largest absolute Gasteiger partial charge is 0.457 e. The van der Waals surface area contributed by atoms with Gasteiger partial charge in [-0.25, -0.2) is 0 Å². The van der Waals surface area contributed by atoms with E-state index in [1.54, 1.807) is 0 Å². The van der Waals surface area contributed by atoms with Crippen molar-refractivity contribution >= 4 is 28.4 Å². The summed E-state index contributed by atoms with van der Waals surface area (Å²) in [5.74, 6) is 0.854. The third-order valence-electron chi connectivity index (χ3n) is 4.38. The molecule has 3 aromatic carbocycles. The summed E-state index contributed by atoms with van der Waals surface area (Å²) >= 11 is 0. The van der Waals surface area contributed by atoms with Crippen molar-refractivity contribution in [2.75, 3.05) is 5.32 Å². The van der Waals surface area contributed by atoms with E-state index in [4.69, 9.17) is 4.42 Å². The molecule has 132 valence electrons. The van der Waals surface area contributed by atoms with Crippen molar-refractivity contribution in [2.24, 2.45) is 0 Å². The van der Waals surface area contributed by atoms with Crippen LogP contribution in [-0.4, -0.2) is 0 Å². The molecule has 1 aromatic heterocycles. The van der Waals surface area contributed by atoms with E-state index < -0.39 is 0 Å². The molecule has 0 radical (unpaired) electrons. The first-order valence-electron chi connectivity index (χ1n) is 9.07. The molecular weight excluding hydrogens is 330 g/mol. The van der Waals surface area contributed by atoms with Crippen LogP contribution in [-0.2, 0) is 0 Å². The minimum Gasteiger partial charge on any atom is -0.457 e. The minimum absolute atomic E-state index is 0.854. The van der Waals surface area contributed by atoms with Crippen LogP contribution in [0.2, 0.25) is 0 Å². The molecule has 0 spiro atoms. The second kappa shape index (κ2) is 7.79. The molecule has 1 heterocycles. The summed E-state index contributed by atoms with van der Waals surface area (Å²) in [4.78, 5) is 0. The SMILES string of the molecule is C/C=C\C=C/c1cc2ccc(Nc3ccc(-c4ccccc4)cc3)cc2o1. The third kappa shape index (κ3) is 4.01. The highest BCUT2D eigenvalue weighted by atomic mass is 16.3. The van der Waals surface area contributed by atoms with Crippen LogP contribution in [0, 0.1) is 0 Å². The van der Waals surface area contributed by atoms with Crippen LogP contribution in [0.5, 0.6) is 0 Å². The number of fused-ring (bicyclic) bond motifs is 1. The molecule has 0 aliphatic carbocycles. The van der Waals surface area contributed by atoms with Crippen LogP contribution in [0.4, 0.5) is 11.4 Å². The molecular formula is C25H21NO. The molecule has 0 saturated heterocycles. The van der Waals surface area contributed by atoms with Gasteiger partial charge >= 0.3 is 0 Å². The Bertz CT molecular complexity index is 1090. The van der Waals surface area contributed by atoms with Gasteiger partial charge in [-0.3, -0.25) is 0 Å². The van der Waals surface area contributed by atoms with Gasteiger partial charge in [0, 0.05) is 22.8 Å². The second-order valence-corrected chi connectivity index (χ2v) is 6.35. The molecule has 0 saturated carbocycles. The second-order valence-electron chi connectivity index (χ2n) is 6.35. The van der Waals surface area contributed by atoms with E-state index in [9.17, 15) is 0 Å². The highest BCUT2D eigenvalue weighted by Crippen LogP contribution is 2.27. The third-order valence-corrected chi connectivity index (χ3v) is 4.38. The zero-order chi connectivity index (χ0) is 18.5. The highest BCUT2D eigenvalue weighted by molar-refractivity contribution is 5.84. The number of hydrogen-bond donors (Lipinski definition) is 1. The minimum atomic E-state index is 0.854. The van der Waals surface area contributed by atoms with E-state index in [1.165, 1.54) is 11.1 Å². The number of nitrogens with one attached hydrogen (secondary N) is 1. The van der Waals surface area contributed by atoms with Crippen LogP contribution in [0.3, 0.4) is 0 Å². The maximum absolute atomic E-state index is 5.91. The highest BCUT2D eigenvalue weighted by Gasteiger charge is 2.04. The summed E-state index contributed by atoms with van der Waals surface area (Å²) < 4.78 is 5.91. The normalized spacial score (nSPS) is 11.6. The van der Waals surface area contributed by atoms with Gasteiger partial charge in [0.2, 0.25) is 0 Å². The summed E-state index contributed by atoms with van der Waals surface area (Å²) in [5, 5.41) is 4.54. The smallest absolute Gasteiger partial charge is 0.136 e. The lowest BCUT2D eigenvalue weighted by molar-refractivity contribution is 0.604. The van der Waals surface area contributed by atoms with E-state index >= 15 is 0 Å². The quantitative estimate of drug-likeness (QED) is 0.378. The van der Waals surface area contributed by atoms with Crippen molar-refractivity contribution in [1.82, 2.24) is 0 Å². The molecule has 1 N–H and O–H groups in total. The van der Waals surface area contributed by atoms with Crippen molar-refractivity contribution < 1.29 is 4.42 Å². The number of rotatable bonds is 5. The Balaban J connectivity index is 1.52. The van der Waals surface area contributed by atoms with Crippen molar-refractivity contribution in [1.29, 1.82) is 0 Å². The zero-order valence-electron chi connectivity index (χ0n) is 15.2. The van der Waals surface area contributed by atoms with Crippen LogP contribution >= 0.6 is 0 Å². The zero-order valence-corrected chi connectivity index (χ0v) is 15.2. The van der Waals surface area contributed by atoms with E-state index in [1.807, 2.05) is 49.4 Å². The van der Waals surface area contributed by atoms with Crippen molar-refractivity contribution in [2.45, 2.75) is 6.92 Å². The topological polar surface area (TPSA) is 25.2 Å². The number of furan rings is 1. The molecule has 4 aromatic rings. The van der Waals surface area contributed by atoms with E-state index in [0.717, 1.165) is 28.1 Å². The molecule has 0 bridgehead atoms. The molecule has 2 heteroatoms. The monoisotopic (exact) mass is 351 g/mol. The molecule has 2 nitrogen and oxygen atoms in total. The van der Waals surface area contributed by atoms with E-state index in [-0.39, 0.29) is 0 Å². The lowest BCUT2D eigenvalue weighted by Gasteiger charge is -2.08. The standard InChI is InChI=1S/C25H21NO/c1-2-3-5-10-24-17-21-13-16-23(18-25(21)27-24)26-22-14-11-20(12-15-22)19-8-6-4-7-9-19/h2-18,26H,1H3/b3-2-,10-5-. The van der Waals surface area contributed by atoms with Gasteiger partial charge < -0.3 is 9.73 Å². The Morgan fingerprint density at radius 3 is 2.26 bits per heavy atom. The van der Waals surface area contributed by atoms with Gasteiger partial charge in [-0.1, -0.05) is 60.7 Å². The fraction of sp³-hybridized carbons (Fsp3) is 0.0400. The van der Waals surface area contributed by atoms with Gasteiger partial charge in [0.1, 0.15) is 11.3 Å². The molecule has 0 atom stereocenters. The first-order valence-corrected chi connectivity index (χ1v) is 9.07. The van der Waals surface area contributed by atoms with Gasteiger partial charge in [-0.05, 0) is 54.5 Å². The summed E-state index contributed by atoms with van der Waals surface area (Å²) in [5.41, 5.74) is 5.36. The van der Waals surface area contributed by atoms with E-state index in [2.05, 4.69) is 66.0 Å². The Morgan fingerprint density at radius 2 is 1.48 bits per heavy atom. The maximum Gasteiger partial charge on any atom is 0.136 e. The summed E-state index contributed by atoms with van der Waals surface area (Å²) in [6.45, 7) is 1.99. The predicted molar refractivity (Wildman–Crippen MR) is 115 cm³/mol. The van der Waals surface area contributed by atoms with Gasteiger partial charge in [-0.15, -0.1) is 0 Å². The Kier molecular flexibility index (Phi) is 4.88. The molecule has 0 amide bonds. The Morgan fingerprint density at radius 1 is 0.741 bits per heavy atom. The maximum atomic E-state index is 5.91. The van der Waals surface area contributed by atoms with Crippen LogP contribution in [0.1, 0.15) is 12.7 Å². The van der Waals surface area contributed by atoms with Crippen molar-refractivity contribution in [3.05, 3.63) is 103 Å². The average Bonchev–Trinajstić information content (AvgIpc) is 3.11. The molecule has 27 heavy (non-hydrogen) atoms.